The Labute approximate surface area is 71.9 Å². The molecule has 2 atom stereocenters. The Balaban J connectivity index is 2.52. The molecule has 0 aromatic carbocycles. The van der Waals surface area contributed by atoms with E-state index in [0.717, 1.165) is 6.42 Å². The highest BCUT2D eigenvalue weighted by Crippen LogP contribution is 2.46. The van der Waals surface area contributed by atoms with E-state index in [4.69, 9.17) is 5.11 Å². The van der Waals surface area contributed by atoms with Crippen molar-refractivity contribution in [2.45, 2.75) is 18.4 Å². The Morgan fingerprint density at radius 2 is 2.50 bits per heavy atom. The molecule has 0 heterocycles. The summed E-state index contributed by atoms with van der Waals surface area (Å²) in [5.41, 5.74) is -0.502. The van der Waals surface area contributed by atoms with Crippen LogP contribution in [0.3, 0.4) is 0 Å². The molecular weight excluding hydrogens is 158 g/mol. The van der Waals surface area contributed by atoms with Crippen LogP contribution in [0, 0.1) is 5.92 Å². The lowest BCUT2D eigenvalue weighted by Crippen LogP contribution is -2.39. The second kappa shape index (κ2) is 3.41. The predicted octanol–water partition coefficient (Wildman–Crippen LogP) is -0.480. The monoisotopic (exact) mass is 173 g/mol. The molecule has 0 spiro atoms. The van der Waals surface area contributed by atoms with E-state index in [1.165, 1.54) is 7.11 Å². The first-order valence-electron chi connectivity index (χ1n) is 4.09. The van der Waals surface area contributed by atoms with Crippen molar-refractivity contribution in [2.75, 3.05) is 20.8 Å². The number of hydrogen-bond donors (Lipinski definition) is 2. The van der Waals surface area contributed by atoms with Gasteiger partial charge in [0.2, 0.25) is 0 Å². The van der Waals surface area contributed by atoms with Crippen molar-refractivity contribution < 1.29 is 14.6 Å². The Bertz CT molecular complexity index is 183. The fraction of sp³-hybridized carbons (Fsp3) is 0.875. The zero-order valence-corrected chi connectivity index (χ0v) is 7.46. The Morgan fingerprint density at radius 3 is 2.92 bits per heavy atom. The zero-order valence-electron chi connectivity index (χ0n) is 7.46. The number of rotatable bonds is 4. The number of esters is 1. The average molecular weight is 173 g/mol. The molecule has 4 nitrogen and oxygen atoms in total. The van der Waals surface area contributed by atoms with E-state index >= 15 is 0 Å². The number of aliphatic hydroxyl groups excluding tert-OH is 1. The molecule has 0 unspecified atom stereocenters. The summed E-state index contributed by atoms with van der Waals surface area (Å²) in [5, 5.41) is 11.6. The third kappa shape index (κ3) is 1.32. The lowest BCUT2D eigenvalue weighted by molar-refractivity contribution is -0.144. The number of likely N-dealkylation sites (N-methyl/N-ethyl adjacent to an activating group) is 1. The maximum absolute atomic E-state index is 11.2. The number of methoxy groups -OCH3 is 1. The summed E-state index contributed by atoms with van der Waals surface area (Å²) in [6.45, 7) is 0.130. The van der Waals surface area contributed by atoms with Crippen LogP contribution in [0.2, 0.25) is 0 Å². The smallest absolute Gasteiger partial charge is 0.326 e. The van der Waals surface area contributed by atoms with Crippen LogP contribution >= 0.6 is 0 Å². The van der Waals surface area contributed by atoms with Gasteiger partial charge in [-0.1, -0.05) is 0 Å². The van der Waals surface area contributed by atoms with Gasteiger partial charge >= 0.3 is 5.97 Å². The first-order valence-corrected chi connectivity index (χ1v) is 4.09. The standard InChI is InChI=1S/C8H15NO3/c1-9-8(7(11)12-2)5-6(8)3-4-10/h6,9-10H,3-5H2,1-2H3/t6-,8-/m0/s1. The summed E-state index contributed by atoms with van der Waals surface area (Å²) in [4.78, 5) is 11.2. The molecule has 70 valence electrons. The van der Waals surface area contributed by atoms with Gasteiger partial charge in [-0.3, -0.25) is 4.79 Å². The second-order valence-corrected chi connectivity index (χ2v) is 3.13. The second-order valence-electron chi connectivity index (χ2n) is 3.13. The van der Waals surface area contributed by atoms with Crippen molar-refractivity contribution in [1.29, 1.82) is 0 Å². The fourth-order valence-electron chi connectivity index (χ4n) is 1.67. The quantitative estimate of drug-likeness (QED) is 0.564. The van der Waals surface area contributed by atoms with Crippen LogP contribution in [0.15, 0.2) is 0 Å². The highest BCUT2D eigenvalue weighted by Gasteiger charge is 2.59. The first kappa shape index (κ1) is 9.48. The van der Waals surface area contributed by atoms with Crippen molar-refractivity contribution >= 4 is 5.97 Å². The third-order valence-electron chi connectivity index (χ3n) is 2.58. The number of carbonyl (C=O) groups is 1. The van der Waals surface area contributed by atoms with Crippen molar-refractivity contribution in [2.24, 2.45) is 5.92 Å². The molecule has 0 aliphatic heterocycles. The van der Waals surface area contributed by atoms with E-state index < -0.39 is 5.54 Å². The van der Waals surface area contributed by atoms with Crippen LogP contribution in [-0.2, 0) is 9.53 Å². The minimum Gasteiger partial charge on any atom is -0.468 e. The van der Waals surface area contributed by atoms with Crippen molar-refractivity contribution in [3.05, 3.63) is 0 Å². The normalized spacial score (nSPS) is 33.1. The van der Waals surface area contributed by atoms with Gasteiger partial charge in [-0.05, 0) is 25.8 Å². The summed E-state index contributed by atoms with van der Waals surface area (Å²) in [6.07, 6.45) is 1.44. The highest BCUT2D eigenvalue weighted by atomic mass is 16.5. The topological polar surface area (TPSA) is 58.6 Å². The minimum atomic E-state index is -0.502. The highest BCUT2D eigenvalue weighted by molar-refractivity contribution is 5.85. The van der Waals surface area contributed by atoms with Crippen LogP contribution in [0.5, 0.6) is 0 Å². The molecule has 4 heteroatoms. The number of carbonyl (C=O) groups excluding carboxylic acids is 1. The molecule has 0 aromatic heterocycles. The van der Waals surface area contributed by atoms with Crippen LogP contribution in [0.4, 0.5) is 0 Å². The van der Waals surface area contributed by atoms with Crippen LogP contribution in [0.25, 0.3) is 0 Å². The van der Waals surface area contributed by atoms with Gasteiger partial charge in [0, 0.05) is 6.61 Å². The molecule has 0 radical (unpaired) electrons. The van der Waals surface area contributed by atoms with Gasteiger partial charge in [-0.25, -0.2) is 0 Å². The average Bonchev–Trinajstić information content (AvgIpc) is 2.79. The fourth-order valence-corrected chi connectivity index (χ4v) is 1.67. The Hall–Kier alpha value is -0.610. The largest absolute Gasteiger partial charge is 0.468 e. The summed E-state index contributed by atoms with van der Waals surface area (Å²) in [6, 6.07) is 0. The molecule has 1 aliphatic rings. The van der Waals surface area contributed by atoms with E-state index in [-0.39, 0.29) is 18.5 Å². The molecule has 12 heavy (non-hydrogen) atoms. The molecular formula is C8H15NO3. The van der Waals surface area contributed by atoms with E-state index in [0.29, 0.717) is 6.42 Å². The van der Waals surface area contributed by atoms with Crippen LogP contribution < -0.4 is 5.32 Å². The van der Waals surface area contributed by atoms with Gasteiger partial charge in [0.05, 0.1) is 7.11 Å². The Kier molecular flexibility index (Phi) is 2.69. The van der Waals surface area contributed by atoms with Gasteiger partial charge in [0.25, 0.3) is 0 Å². The number of aliphatic hydroxyl groups is 1. The lowest BCUT2D eigenvalue weighted by Gasteiger charge is -2.12. The maximum atomic E-state index is 11.2. The van der Waals surface area contributed by atoms with Gasteiger partial charge < -0.3 is 15.2 Å². The van der Waals surface area contributed by atoms with E-state index in [2.05, 4.69) is 10.1 Å². The van der Waals surface area contributed by atoms with Crippen LogP contribution in [-0.4, -0.2) is 37.4 Å². The number of hydrogen-bond acceptors (Lipinski definition) is 4. The maximum Gasteiger partial charge on any atom is 0.326 e. The molecule has 2 N–H and O–H groups in total. The van der Waals surface area contributed by atoms with E-state index in [9.17, 15) is 4.79 Å². The van der Waals surface area contributed by atoms with Gasteiger partial charge in [-0.2, -0.15) is 0 Å². The molecule has 1 aliphatic carbocycles. The summed E-state index contributed by atoms with van der Waals surface area (Å²) >= 11 is 0. The number of ether oxygens (including phenoxy) is 1. The number of nitrogens with one attached hydrogen (secondary N) is 1. The lowest BCUT2D eigenvalue weighted by atomic mass is 10.1. The third-order valence-corrected chi connectivity index (χ3v) is 2.58. The minimum absolute atomic E-state index is 0.130. The Morgan fingerprint density at radius 1 is 1.83 bits per heavy atom. The van der Waals surface area contributed by atoms with E-state index in [1.54, 1.807) is 7.05 Å². The first-order chi connectivity index (χ1) is 5.71. The van der Waals surface area contributed by atoms with Crippen molar-refractivity contribution in [3.63, 3.8) is 0 Å². The molecule has 0 amide bonds. The summed E-state index contributed by atoms with van der Waals surface area (Å²) < 4.78 is 4.66. The van der Waals surface area contributed by atoms with Gasteiger partial charge in [-0.15, -0.1) is 0 Å². The van der Waals surface area contributed by atoms with Crippen molar-refractivity contribution in [3.8, 4) is 0 Å². The molecule has 0 bridgehead atoms. The van der Waals surface area contributed by atoms with Crippen LogP contribution in [0.1, 0.15) is 12.8 Å². The molecule has 0 aromatic rings. The zero-order chi connectivity index (χ0) is 9.19. The SMILES string of the molecule is CN[C@@]1(C(=O)OC)C[C@@H]1CCO. The van der Waals surface area contributed by atoms with E-state index in [1.807, 2.05) is 0 Å². The molecule has 1 saturated carbocycles. The molecule has 1 rings (SSSR count). The molecule has 0 saturated heterocycles. The summed E-state index contributed by atoms with van der Waals surface area (Å²) in [7, 11) is 3.13. The van der Waals surface area contributed by atoms with Gasteiger partial charge in [0.1, 0.15) is 5.54 Å². The van der Waals surface area contributed by atoms with Gasteiger partial charge in [0.15, 0.2) is 0 Å². The van der Waals surface area contributed by atoms with Crippen molar-refractivity contribution in [1.82, 2.24) is 5.32 Å². The summed E-state index contributed by atoms with van der Waals surface area (Å²) in [5.74, 6) is 0.0170. The predicted molar refractivity (Wildman–Crippen MR) is 43.6 cm³/mol. The molecule has 1 fully saturated rings.